The number of ether oxygens (including phenoxy) is 1. The number of nitrogens with zero attached hydrogens (tertiary/aromatic N) is 2. The molecule has 6 rings (SSSR count). The first-order valence-corrected chi connectivity index (χ1v) is 17.4. The van der Waals surface area contributed by atoms with Gasteiger partial charge in [0.2, 0.25) is 17.6 Å². The number of carbonyl (C=O) groups is 4. The third-order valence-corrected chi connectivity index (χ3v) is 10.9. The van der Waals surface area contributed by atoms with E-state index in [1.54, 1.807) is 67.6 Å². The molecule has 0 spiro atoms. The minimum atomic E-state index is -1.13. The molecule has 1 aliphatic heterocycles. The lowest BCUT2D eigenvalue weighted by Gasteiger charge is -2.25. The maximum Gasteiger partial charge on any atom is 0.339 e. The Hall–Kier alpha value is -3.30. The Kier molecular flexibility index (Phi) is 9.77. The van der Waals surface area contributed by atoms with E-state index in [2.05, 4.69) is 22.9 Å². The van der Waals surface area contributed by atoms with Gasteiger partial charge in [0.15, 0.2) is 6.10 Å². The molecule has 1 aliphatic carbocycles. The van der Waals surface area contributed by atoms with Crippen LogP contribution < -0.4 is 4.90 Å². The average molecular weight is 757 g/mol. The van der Waals surface area contributed by atoms with E-state index in [1.165, 1.54) is 4.90 Å². The van der Waals surface area contributed by atoms with E-state index in [-0.39, 0.29) is 41.5 Å². The number of anilines is 1. The lowest BCUT2D eigenvalue weighted by Crippen LogP contribution is -2.30. The number of ketones is 1. The summed E-state index contributed by atoms with van der Waals surface area (Å²) < 4.78 is 6.40. The van der Waals surface area contributed by atoms with E-state index in [4.69, 9.17) is 44.5 Å². The van der Waals surface area contributed by atoms with E-state index in [9.17, 15) is 19.2 Å². The van der Waals surface area contributed by atoms with Crippen molar-refractivity contribution >= 4 is 90.9 Å². The number of halogens is 4. The van der Waals surface area contributed by atoms with Gasteiger partial charge in [-0.2, -0.15) is 0 Å². The fraction of sp³-hybridized carbons (Fsp3) is 0.306. The van der Waals surface area contributed by atoms with Crippen LogP contribution in [0.4, 0.5) is 5.69 Å². The van der Waals surface area contributed by atoms with Crippen LogP contribution in [0.25, 0.3) is 22.2 Å². The number of pyridine rings is 1. The molecule has 7 nitrogen and oxygen atoms in total. The summed E-state index contributed by atoms with van der Waals surface area (Å²) in [6.45, 7) is 3.92. The van der Waals surface area contributed by atoms with Gasteiger partial charge in [-0.25, -0.2) is 9.78 Å². The summed E-state index contributed by atoms with van der Waals surface area (Å²) in [5.41, 5.74) is 3.22. The zero-order valence-corrected chi connectivity index (χ0v) is 29.4. The highest BCUT2D eigenvalue weighted by atomic mass is 79.9. The van der Waals surface area contributed by atoms with Crippen LogP contribution in [0, 0.1) is 24.7 Å². The Balaban J connectivity index is 1.36. The van der Waals surface area contributed by atoms with E-state index >= 15 is 0 Å². The number of benzene rings is 3. The first-order valence-electron chi connectivity index (χ1n) is 15.3. The predicted molar refractivity (Wildman–Crippen MR) is 187 cm³/mol. The van der Waals surface area contributed by atoms with E-state index < -0.39 is 17.9 Å². The third-order valence-electron chi connectivity index (χ3n) is 9.09. The van der Waals surface area contributed by atoms with Crippen LogP contribution in [0.2, 0.25) is 10.0 Å². The number of fused-ring (bicyclic) bond motifs is 2. The number of amides is 2. The van der Waals surface area contributed by atoms with Crippen molar-refractivity contribution in [1.29, 1.82) is 0 Å². The van der Waals surface area contributed by atoms with Crippen LogP contribution in [0.3, 0.4) is 0 Å². The molecule has 1 saturated heterocycles. The van der Waals surface area contributed by atoms with Gasteiger partial charge in [0, 0.05) is 38.3 Å². The van der Waals surface area contributed by atoms with Crippen molar-refractivity contribution in [1.82, 2.24) is 4.98 Å². The van der Waals surface area contributed by atoms with Crippen molar-refractivity contribution < 1.29 is 23.9 Å². The fourth-order valence-electron chi connectivity index (χ4n) is 6.54. The van der Waals surface area contributed by atoms with Gasteiger partial charge < -0.3 is 4.74 Å². The molecule has 2 fully saturated rings. The molecule has 242 valence electrons. The van der Waals surface area contributed by atoms with E-state index in [0.29, 0.717) is 59.4 Å². The van der Waals surface area contributed by atoms with Crippen LogP contribution in [-0.4, -0.2) is 40.5 Å². The van der Waals surface area contributed by atoms with Gasteiger partial charge in [0.25, 0.3) is 0 Å². The monoisotopic (exact) mass is 754 g/mol. The smallest absolute Gasteiger partial charge is 0.339 e. The maximum absolute atomic E-state index is 13.9. The number of carbonyl (C=O) groups excluding carboxylic acids is 4. The van der Waals surface area contributed by atoms with Gasteiger partial charge >= 0.3 is 5.97 Å². The lowest BCUT2D eigenvalue weighted by molar-refractivity contribution is -0.122. The van der Waals surface area contributed by atoms with Crippen LogP contribution >= 0.6 is 50.7 Å². The molecule has 11 heteroatoms. The largest absolute Gasteiger partial charge is 0.450 e. The molecule has 0 N–H and O–H groups in total. The molecule has 47 heavy (non-hydrogen) atoms. The fourth-order valence-corrected chi connectivity index (χ4v) is 7.53. The summed E-state index contributed by atoms with van der Waals surface area (Å²) in [6, 6.07) is 16.6. The van der Waals surface area contributed by atoms with Crippen molar-refractivity contribution in [2.75, 3.05) is 10.8 Å². The Bertz CT molecular complexity index is 1920. The van der Waals surface area contributed by atoms with Gasteiger partial charge in [-0.1, -0.05) is 42.3 Å². The molecule has 1 aromatic heterocycles. The van der Waals surface area contributed by atoms with Crippen molar-refractivity contribution in [2.45, 2.75) is 45.6 Å². The molecule has 0 bridgehead atoms. The van der Waals surface area contributed by atoms with E-state index in [1.807, 2.05) is 0 Å². The minimum absolute atomic E-state index is 0.0920. The van der Waals surface area contributed by atoms with Gasteiger partial charge in [-0.05, 0) is 102 Å². The second kappa shape index (κ2) is 13.7. The SMILES string of the molecule is Cc1c(Cl)c(Br)cc2c(C(=O)OC(CCCl)C(=O)c3ccc(Cl)cc3)cc(-c3ccc(N4C(=O)C5CCC(C)CC5C4=O)cc3)nc12. The molecule has 2 heterocycles. The van der Waals surface area contributed by atoms with E-state index in [0.717, 1.165) is 19.3 Å². The highest BCUT2D eigenvalue weighted by Gasteiger charge is 2.50. The Labute approximate surface area is 295 Å². The predicted octanol–water partition coefficient (Wildman–Crippen LogP) is 9.24. The number of hydrogen-bond acceptors (Lipinski definition) is 6. The molecule has 4 aromatic rings. The molecule has 1 saturated carbocycles. The molecule has 2 aliphatic rings. The van der Waals surface area contributed by atoms with Crippen molar-refractivity contribution in [3.63, 3.8) is 0 Å². The molecular weight excluding hydrogens is 727 g/mol. The maximum atomic E-state index is 13.9. The Morgan fingerprint density at radius 3 is 2.36 bits per heavy atom. The minimum Gasteiger partial charge on any atom is -0.450 e. The van der Waals surface area contributed by atoms with Crippen LogP contribution in [0.1, 0.15) is 58.9 Å². The third kappa shape index (κ3) is 6.45. The number of rotatable bonds is 8. The summed E-state index contributed by atoms with van der Waals surface area (Å²) in [6.07, 6.45) is 1.35. The molecule has 4 atom stereocenters. The van der Waals surface area contributed by atoms with Crippen LogP contribution in [-0.2, 0) is 14.3 Å². The summed E-state index contributed by atoms with van der Waals surface area (Å²) in [5.74, 6) is -1.47. The molecular formula is C36H30BrCl3N2O5. The van der Waals surface area contributed by atoms with Gasteiger partial charge in [-0.3, -0.25) is 19.3 Å². The highest BCUT2D eigenvalue weighted by molar-refractivity contribution is 9.10. The number of aryl methyl sites for hydroxylation is 1. The zero-order chi connectivity index (χ0) is 33.6. The summed E-state index contributed by atoms with van der Waals surface area (Å²) in [7, 11) is 0. The topological polar surface area (TPSA) is 93.6 Å². The standard InChI is InChI=1S/C36H30BrCl3N2O5/c1-18-3-12-24-26(15-18)35(45)42(34(24)44)23-10-6-20(7-11-23)29-17-27(25-16-28(37)31(40)19(2)32(25)41-29)36(46)47-30(13-14-38)33(43)21-4-8-22(39)9-5-21/h4-11,16-18,24,26,30H,3,12-15H2,1-2H3. The normalized spacial score (nSPS) is 20.0. The summed E-state index contributed by atoms with van der Waals surface area (Å²) in [4.78, 5) is 59.9. The second-order valence-corrected chi connectivity index (χ2v) is 14.2. The lowest BCUT2D eigenvalue weighted by atomic mass is 9.76. The second-order valence-electron chi connectivity index (χ2n) is 12.2. The number of alkyl halides is 1. The molecule has 0 radical (unpaired) electrons. The van der Waals surface area contributed by atoms with Crippen molar-refractivity contribution in [3.8, 4) is 11.3 Å². The first-order chi connectivity index (χ1) is 22.5. The highest BCUT2D eigenvalue weighted by Crippen LogP contribution is 2.43. The summed E-state index contributed by atoms with van der Waals surface area (Å²) in [5, 5.41) is 1.40. The molecule has 4 unspecified atom stereocenters. The summed E-state index contributed by atoms with van der Waals surface area (Å²) >= 11 is 22.1. The number of aromatic nitrogens is 1. The van der Waals surface area contributed by atoms with Crippen LogP contribution in [0.15, 0.2) is 65.1 Å². The Morgan fingerprint density at radius 1 is 1.00 bits per heavy atom. The van der Waals surface area contributed by atoms with Crippen molar-refractivity contribution in [2.24, 2.45) is 17.8 Å². The van der Waals surface area contributed by atoms with Gasteiger partial charge in [0.1, 0.15) is 0 Å². The van der Waals surface area contributed by atoms with Gasteiger partial charge in [0.05, 0.1) is 39.3 Å². The number of imide groups is 1. The number of esters is 1. The molecule has 3 aromatic carbocycles. The molecule has 2 amide bonds. The van der Waals surface area contributed by atoms with Crippen molar-refractivity contribution in [3.05, 3.63) is 91.9 Å². The number of Topliss-reactive ketones (excluding diaryl/α,β-unsaturated/α-hetero) is 1. The Morgan fingerprint density at radius 2 is 1.68 bits per heavy atom. The van der Waals surface area contributed by atoms with Gasteiger partial charge in [-0.15, -0.1) is 11.6 Å². The average Bonchev–Trinajstić information content (AvgIpc) is 3.31. The number of hydrogen-bond donors (Lipinski definition) is 0. The zero-order valence-electron chi connectivity index (χ0n) is 25.6. The quantitative estimate of drug-likeness (QED) is 0.0771. The first kappa shape index (κ1) is 33.6. The van der Waals surface area contributed by atoms with Crippen LogP contribution in [0.5, 0.6) is 0 Å².